The normalized spacial score (nSPS) is 13.4. The van der Waals surface area contributed by atoms with Gasteiger partial charge >= 0.3 is 0 Å². The number of nitrogens with one attached hydrogen (secondary N) is 1. The maximum Gasteiger partial charge on any atom is 0.0742 e. The van der Waals surface area contributed by atoms with Gasteiger partial charge in [-0.2, -0.15) is 0 Å². The first-order valence-corrected chi connectivity index (χ1v) is 3.51. The molecule has 0 bridgehead atoms. The third kappa shape index (κ3) is 4.24. The van der Waals surface area contributed by atoms with Crippen LogP contribution < -0.4 is 11.1 Å². The molecule has 0 aromatic heterocycles. The fourth-order valence-electron chi connectivity index (χ4n) is 0.172. The zero-order chi connectivity index (χ0) is 5.70. The average Bonchev–Trinajstić information content (AvgIpc) is 1.68. The van der Waals surface area contributed by atoms with Crippen LogP contribution in [-0.4, -0.2) is 10.7 Å². The fourth-order valence-corrected chi connectivity index (χ4v) is 0.681. The van der Waals surface area contributed by atoms with Crippen molar-refractivity contribution in [1.29, 1.82) is 0 Å². The minimum absolute atomic E-state index is 0.0445. The molecule has 0 rings (SSSR count). The minimum Gasteiger partial charge on any atom is -0.313 e. The van der Waals surface area contributed by atoms with Crippen molar-refractivity contribution in [2.45, 2.75) is 6.17 Å². The molecule has 3 heteroatoms. The van der Waals surface area contributed by atoms with Crippen LogP contribution in [0.2, 0.25) is 0 Å². The number of hydrogen-bond acceptors (Lipinski definition) is 2. The highest BCUT2D eigenvalue weighted by Gasteiger charge is 1.86. The Kier molecular flexibility index (Phi) is 4.80. The Morgan fingerprint density at radius 1 is 2.00 bits per heavy atom. The van der Waals surface area contributed by atoms with Crippen LogP contribution in [-0.2, 0) is 0 Å². The van der Waals surface area contributed by atoms with E-state index in [2.05, 4.69) is 34.5 Å². The van der Waals surface area contributed by atoms with Gasteiger partial charge in [0.25, 0.3) is 0 Å². The summed E-state index contributed by atoms with van der Waals surface area (Å²) in [7, 11) is 0. The second kappa shape index (κ2) is 4.55. The highest BCUT2D eigenvalue weighted by Crippen LogP contribution is 1.76. The second-order valence-electron chi connectivity index (χ2n) is 1.10. The van der Waals surface area contributed by atoms with E-state index in [4.69, 9.17) is 5.73 Å². The van der Waals surface area contributed by atoms with E-state index in [0.717, 1.165) is 4.55 Å². The van der Waals surface area contributed by atoms with E-state index < -0.39 is 0 Å². The first-order chi connectivity index (χ1) is 3.31. The first-order valence-electron chi connectivity index (χ1n) is 1.98. The summed E-state index contributed by atoms with van der Waals surface area (Å²) in [5.41, 5.74) is 5.35. The molecule has 7 heavy (non-hydrogen) atoms. The summed E-state index contributed by atoms with van der Waals surface area (Å²) < 4.78 is 0.866. The van der Waals surface area contributed by atoms with Crippen LogP contribution in [0.1, 0.15) is 0 Å². The second-order valence-corrected chi connectivity index (χ2v) is 1.86. The molecular formula is C4H9IN2. The molecule has 2 nitrogen and oxygen atoms in total. The summed E-state index contributed by atoms with van der Waals surface area (Å²) in [6.07, 6.45) is 1.62. The number of alkyl halides is 1. The number of rotatable bonds is 3. The highest BCUT2D eigenvalue weighted by molar-refractivity contribution is 14.1. The van der Waals surface area contributed by atoms with Crippen molar-refractivity contribution in [2.24, 2.45) is 5.73 Å². The van der Waals surface area contributed by atoms with Crippen molar-refractivity contribution in [1.82, 2.24) is 5.32 Å². The predicted molar refractivity (Wildman–Crippen MR) is 40.2 cm³/mol. The largest absolute Gasteiger partial charge is 0.313 e. The van der Waals surface area contributed by atoms with Gasteiger partial charge in [-0.1, -0.05) is 28.7 Å². The molecule has 0 amide bonds. The Labute approximate surface area is 57.3 Å². The van der Waals surface area contributed by atoms with Gasteiger partial charge in [-0.05, 0) is 0 Å². The molecule has 3 N–H and O–H groups in total. The van der Waals surface area contributed by atoms with Gasteiger partial charge in [0.05, 0.1) is 6.17 Å². The molecule has 42 valence electrons. The van der Waals surface area contributed by atoms with Crippen molar-refractivity contribution in [3.8, 4) is 0 Å². The van der Waals surface area contributed by atoms with Crippen LogP contribution in [0.4, 0.5) is 0 Å². The minimum atomic E-state index is -0.0445. The first kappa shape index (κ1) is 7.39. The van der Waals surface area contributed by atoms with Crippen molar-refractivity contribution < 1.29 is 0 Å². The van der Waals surface area contributed by atoms with E-state index in [9.17, 15) is 0 Å². The SMILES string of the molecule is C=CC(N)NCI. The number of halogens is 1. The Morgan fingerprint density at radius 2 is 2.57 bits per heavy atom. The van der Waals surface area contributed by atoms with Gasteiger partial charge in [-0.3, -0.25) is 5.32 Å². The van der Waals surface area contributed by atoms with Gasteiger partial charge in [0.1, 0.15) is 0 Å². The van der Waals surface area contributed by atoms with E-state index in [1.54, 1.807) is 6.08 Å². The molecule has 0 aliphatic rings. The summed E-state index contributed by atoms with van der Waals surface area (Å²) in [5, 5.41) is 2.94. The predicted octanol–water partition coefficient (Wildman–Crippen LogP) is 0.439. The molecule has 0 aromatic carbocycles. The zero-order valence-electron chi connectivity index (χ0n) is 4.02. The van der Waals surface area contributed by atoms with Crippen molar-refractivity contribution in [3.63, 3.8) is 0 Å². The molecule has 0 aliphatic carbocycles. The Hall–Kier alpha value is 0.390. The number of hydrogen-bond donors (Lipinski definition) is 2. The molecule has 0 aromatic rings. The maximum atomic E-state index is 5.35. The average molecular weight is 212 g/mol. The Bertz CT molecular complexity index is 55.7. The molecule has 1 unspecified atom stereocenters. The van der Waals surface area contributed by atoms with E-state index in [1.807, 2.05) is 0 Å². The molecular weight excluding hydrogens is 203 g/mol. The van der Waals surface area contributed by atoms with Crippen molar-refractivity contribution >= 4 is 22.6 Å². The van der Waals surface area contributed by atoms with Gasteiger partial charge in [-0.15, -0.1) is 6.58 Å². The fraction of sp³-hybridized carbons (Fsp3) is 0.500. The van der Waals surface area contributed by atoms with E-state index >= 15 is 0 Å². The van der Waals surface area contributed by atoms with Crippen molar-refractivity contribution in [3.05, 3.63) is 12.7 Å². The van der Waals surface area contributed by atoms with Crippen LogP contribution >= 0.6 is 22.6 Å². The third-order valence-electron chi connectivity index (χ3n) is 0.567. The molecule has 0 fully saturated rings. The van der Waals surface area contributed by atoms with Crippen molar-refractivity contribution in [2.75, 3.05) is 4.55 Å². The van der Waals surface area contributed by atoms with Gasteiger partial charge in [0, 0.05) is 4.55 Å². The van der Waals surface area contributed by atoms with Gasteiger partial charge in [0.15, 0.2) is 0 Å². The van der Waals surface area contributed by atoms with Gasteiger partial charge in [0.2, 0.25) is 0 Å². The summed E-state index contributed by atoms with van der Waals surface area (Å²) in [5.74, 6) is 0. The molecule has 0 spiro atoms. The van der Waals surface area contributed by atoms with Crippen LogP contribution in [0.15, 0.2) is 12.7 Å². The zero-order valence-corrected chi connectivity index (χ0v) is 6.18. The van der Waals surface area contributed by atoms with Gasteiger partial charge in [-0.25, -0.2) is 0 Å². The summed E-state index contributed by atoms with van der Waals surface area (Å²) >= 11 is 2.19. The molecule has 0 radical (unpaired) electrons. The maximum absolute atomic E-state index is 5.35. The summed E-state index contributed by atoms with van der Waals surface area (Å²) in [6, 6.07) is 0. The number of nitrogens with two attached hydrogens (primary N) is 1. The summed E-state index contributed by atoms with van der Waals surface area (Å²) in [6.45, 7) is 3.49. The summed E-state index contributed by atoms with van der Waals surface area (Å²) in [4.78, 5) is 0. The Morgan fingerprint density at radius 3 is 2.71 bits per heavy atom. The van der Waals surface area contributed by atoms with E-state index in [1.165, 1.54) is 0 Å². The third-order valence-corrected chi connectivity index (χ3v) is 1.01. The van der Waals surface area contributed by atoms with Crippen LogP contribution in [0, 0.1) is 0 Å². The molecule has 1 atom stereocenters. The topological polar surface area (TPSA) is 38.0 Å². The lowest BCUT2D eigenvalue weighted by atomic mass is 10.5. The Balaban J connectivity index is 2.98. The molecule has 0 saturated carbocycles. The molecule has 0 saturated heterocycles. The molecule has 0 aliphatic heterocycles. The lowest BCUT2D eigenvalue weighted by molar-refractivity contribution is 0.693. The van der Waals surface area contributed by atoms with Crippen LogP contribution in [0.25, 0.3) is 0 Å². The highest BCUT2D eigenvalue weighted by atomic mass is 127. The quantitative estimate of drug-likeness (QED) is 0.234. The lowest BCUT2D eigenvalue weighted by Gasteiger charge is -2.02. The van der Waals surface area contributed by atoms with Crippen LogP contribution in [0.5, 0.6) is 0 Å². The van der Waals surface area contributed by atoms with Crippen LogP contribution in [0.3, 0.4) is 0 Å². The smallest absolute Gasteiger partial charge is 0.0742 e. The lowest BCUT2D eigenvalue weighted by Crippen LogP contribution is -2.33. The van der Waals surface area contributed by atoms with E-state index in [-0.39, 0.29) is 6.17 Å². The molecule has 0 heterocycles. The van der Waals surface area contributed by atoms with E-state index in [0.29, 0.717) is 0 Å². The van der Waals surface area contributed by atoms with Gasteiger partial charge < -0.3 is 5.73 Å². The monoisotopic (exact) mass is 212 g/mol. The standard InChI is InChI=1S/C4H9IN2/c1-2-4(6)7-3-5/h2,4,7H,1,3,6H2.